The van der Waals surface area contributed by atoms with E-state index < -0.39 is 6.10 Å². The summed E-state index contributed by atoms with van der Waals surface area (Å²) in [6, 6.07) is 2.05. The van der Waals surface area contributed by atoms with Crippen molar-refractivity contribution in [2.45, 2.75) is 26.5 Å². The van der Waals surface area contributed by atoms with E-state index in [-0.39, 0.29) is 11.9 Å². The molecule has 3 N–H and O–H groups in total. The molecule has 12 heteroatoms. The Morgan fingerprint density at radius 2 is 1.78 bits per heavy atom. The van der Waals surface area contributed by atoms with E-state index in [4.69, 9.17) is 25.4 Å². The molecule has 0 spiro atoms. The molecule has 0 bridgehead atoms. The van der Waals surface area contributed by atoms with Crippen molar-refractivity contribution in [2.24, 2.45) is 0 Å². The highest BCUT2D eigenvalue weighted by Gasteiger charge is 2.25. The van der Waals surface area contributed by atoms with E-state index in [9.17, 15) is 9.90 Å². The zero-order valence-corrected chi connectivity index (χ0v) is 20.6. The lowest BCUT2D eigenvalue weighted by molar-refractivity contribution is -0.141. The molecule has 3 aromatic heterocycles. The molecule has 0 radical (unpaired) electrons. The minimum atomic E-state index is -0.968. The van der Waals surface area contributed by atoms with Crippen molar-refractivity contribution in [1.29, 1.82) is 0 Å². The summed E-state index contributed by atoms with van der Waals surface area (Å²) in [6.07, 6.45) is 2.29. The molecule has 3 aromatic rings. The fourth-order valence-electron chi connectivity index (χ4n) is 4.52. The van der Waals surface area contributed by atoms with Crippen molar-refractivity contribution < 1.29 is 14.6 Å². The number of ether oxygens (including phenoxy) is 1. The predicted octanol–water partition coefficient (Wildman–Crippen LogP) is 0.234. The second kappa shape index (κ2) is 10.2. The molecule has 190 valence electrons. The maximum Gasteiger partial charge on any atom is 0.251 e. The van der Waals surface area contributed by atoms with E-state index in [1.807, 2.05) is 6.92 Å². The predicted molar refractivity (Wildman–Crippen MR) is 134 cm³/mol. The van der Waals surface area contributed by atoms with Gasteiger partial charge in [-0.2, -0.15) is 0 Å². The third-order valence-electron chi connectivity index (χ3n) is 6.60. The van der Waals surface area contributed by atoms with E-state index in [0.717, 1.165) is 41.2 Å². The van der Waals surface area contributed by atoms with Crippen LogP contribution in [-0.4, -0.2) is 104 Å². The third kappa shape index (κ3) is 5.06. The number of morpholine rings is 1. The van der Waals surface area contributed by atoms with Crippen molar-refractivity contribution in [1.82, 2.24) is 34.7 Å². The maximum atomic E-state index is 12.1. The SMILES string of the molecule is Cc1cc2nc(-c3cnc(N)nc3)nc(N3CCOCC3)c2nc1CN1CCN(C(=O)[C@H](C)O)CC1. The Morgan fingerprint density at radius 1 is 1.08 bits per heavy atom. The van der Waals surface area contributed by atoms with E-state index in [1.54, 1.807) is 17.3 Å². The number of anilines is 2. The summed E-state index contributed by atoms with van der Waals surface area (Å²) in [5.74, 6) is 1.27. The van der Waals surface area contributed by atoms with E-state index in [2.05, 4.69) is 25.8 Å². The van der Waals surface area contributed by atoms with Crippen LogP contribution in [0.3, 0.4) is 0 Å². The molecule has 0 aliphatic carbocycles. The van der Waals surface area contributed by atoms with Gasteiger partial charge >= 0.3 is 0 Å². The number of nitrogen functional groups attached to an aromatic ring is 1. The van der Waals surface area contributed by atoms with Crippen LogP contribution in [0, 0.1) is 6.92 Å². The minimum absolute atomic E-state index is 0.200. The Morgan fingerprint density at radius 3 is 2.44 bits per heavy atom. The number of aliphatic hydroxyl groups is 1. The molecule has 2 fully saturated rings. The van der Waals surface area contributed by atoms with Crippen LogP contribution in [0.2, 0.25) is 0 Å². The highest BCUT2D eigenvalue weighted by atomic mass is 16.5. The van der Waals surface area contributed by atoms with Crippen molar-refractivity contribution in [3.63, 3.8) is 0 Å². The molecule has 0 saturated carbocycles. The number of fused-ring (bicyclic) bond motifs is 1. The average Bonchev–Trinajstić information content (AvgIpc) is 2.89. The summed E-state index contributed by atoms with van der Waals surface area (Å²) in [5.41, 5.74) is 9.85. The Labute approximate surface area is 209 Å². The number of hydrogen-bond acceptors (Lipinski definition) is 11. The zero-order valence-electron chi connectivity index (χ0n) is 20.6. The number of hydrogen-bond donors (Lipinski definition) is 2. The summed E-state index contributed by atoms with van der Waals surface area (Å²) in [5, 5.41) is 9.60. The number of carbonyl (C=O) groups is 1. The molecule has 0 aromatic carbocycles. The smallest absolute Gasteiger partial charge is 0.251 e. The van der Waals surface area contributed by atoms with E-state index >= 15 is 0 Å². The third-order valence-corrected chi connectivity index (χ3v) is 6.60. The van der Waals surface area contributed by atoms with Gasteiger partial charge in [-0.25, -0.2) is 24.9 Å². The van der Waals surface area contributed by atoms with E-state index in [1.165, 1.54) is 6.92 Å². The average molecular weight is 494 g/mol. The van der Waals surface area contributed by atoms with Crippen molar-refractivity contribution in [3.8, 4) is 11.4 Å². The number of aromatic nitrogens is 5. The Balaban J connectivity index is 1.46. The molecule has 2 aliphatic heterocycles. The first-order valence-corrected chi connectivity index (χ1v) is 12.2. The number of nitrogens with two attached hydrogens (primary N) is 1. The van der Waals surface area contributed by atoms with Crippen LogP contribution in [0.15, 0.2) is 18.5 Å². The standard InChI is InChI=1S/C24H31N9O3/c1-15-11-18-20(28-19(15)14-31-3-5-33(6-4-31)23(35)16(2)34)22(32-7-9-36-10-8-32)30-21(29-18)17-12-26-24(25)27-13-17/h11-13,16,34H,3-10,14H2,1-2H3,(H2,25,26,27)/t16-/m0/s1. The quantitative estimate of drug-likeness (QED) is 0.503. The largest absolute Gasteiger partial charge is 0.384 e. The maximum absolute atomic E-state index is 12.1. The summed E-state index contributed by atoms with van der Waals surface area (Å²) in [7, 11) is 0. The fraction of sp³-hybridized carbons (Fsp3) is 0.500. The van der Waals surface area contributed by atoms with Crippen molar-refractivity contribution in [2.75, 3.05) is 63.1 Å². The van der Waals surface area contributed by atoms with Crippen LogP contribution in [0.1, 0.15) is 18.2 Å². The number of carbonyl (C=O) groups excluding carboxylic acids is 1. The van der Waals surface area contributed by atoms with Gasteiger partial charge in [-0.3, -0.25) is 9.69 Å². The summed E-state index contributed by atoms with van der Waals surface area (Å²) in [4.78, 5) is 41.2. The molecule has 0 unspecified atom stereocenters. The van der Waals surface area contributed by atoms with E-state index in [0.29, 0.717) is 57.3 Å². The Kier molecular flexibility index (Phi) is 6.90. The van der Waals surface area contributed by atoms with Gasteiger partial charge in [-0.15, -0.1) is 0 Å². The number of aliphatic hydroxyl groups excluding tert-OH is 1. The highest BCUT2D eigenvalue weighted by Crippen LogP contribution is 2.28. The first-order chi connectivity index (χ1) is 17.4. The second-order valence-electron chi connectivity index (χ2n) is 9.20. The van der Waals surface area contributed by atoms with Gasteiger partial charge in [0.15, 0.2) is 11.6 Å². The molecular weight excluding hydrogens is 462 g/mol. The Hall–Kier alpha value is -3.48. The zero-order chi connectivity index (χ0) is 25.2. The van der Waals surface area contributed by atoms with Gasteiger partial charge in [0.2, 0.25) is 5.95 Å². The molecule has 5 rings (SSSR count). The fourth-order valence-corrected chi connectivity index (χ4v) is 4.52. The number of nitrogens with zero attached hydrogens (tertiary/aromatic N) is 8. The number of pyridine rings is 1. The number of aryl methyl sites for hydroxylation is 1. The van der Waals surface area contributed by atoms with Crippen LogP contribution in [-0.2, 0) is 16.1 Å². The summed E-state index contributed by atoms with van der Waals surface area (Å²) in [6.45, 7) is 9.52. The van der Waals surface area contributed by atoms with Gasteiger partial charge in [0, 0.05) is 58.2 Å². The molecular formula is C24H31N9O3. The van der Waals surface area contributed by atoms with Crippen LogP contribution in [0.5, 0.6) is 0 Å². The summed E-state index contributed by atoms with van der Waals surface area (Å²) >= 11 is 0. The lowest BCUT2D eigenvalue weighted by Crippen LogP contribution is -2.50. The molecule has 1 amide bonds. The first-order valence-electron chi connectivity index (χ1n) is 12.2. The minimum Gasteiger partial charge on any atom is -0.384 e. The van der Waals surface area contributed by atoms with Crippen molar-refractivity contribution >= 4 is 28.7 Å². The molecule has 2 saturated heterocycles. The van der Waals surface area contributed by atoms with Gasteiger partial charge < -0.3 is 25.4 Å². The Bertz CT molecular complexity index is 1240. The molecule has 2 aliphatic rings. The lowest BCUT2D eigenvalue weighted by Gasteiger charge is -2.35. The number of piperazine rings is 1. The molecule has 1 atom stereocenters. The van der Waals surface area contributed by atoms with Gasteiger partial charge in [-0.05, 0) is 25.5 Å². The molecule has 5 heterocycles. The lowest BCUT2D eigenvalue weighted by atomic mass is 10.1. The topological polar surface area (TPSA) is 147 Å². The monoisotopic (exact) mass is 493 g/mol. The normalized spacial score (nSPS) is 18.0. The van der Waals surface area contributed by atoms with Crippen LogP contribution in [0.25, 0.3) is 22.4 Å². The highest BCUT2D eigenvalue weighted by molar-refractivity contribution is 5.88. The summed E-state index contributed by atoms with van der Waals surface area (Å²) < 4.78 is 5.56. The molecule has 12 nitrogen and oxygen atoms in total. The van der Waals surface area contributed by atoms with Gasteiger partial charge in [0.05, 0.1) is 30.0 Å². The van der Waals surface area contributed by atoms with Gasteiger partial charge in [-0.1, -0.05) is 0 Å². The van der Waals surface area contributed by atoms with Crippen LogP contribution >= 0.6 is 0 Å². The first kappa shape index (κ1) is 24.2. The molecule has 36 heavy (non-hydrogen) atoms. The number of amides is 1. The van der Waals surface area contributed by atoms with Crippen molar-refractivity contribution in [3.05, 3.63) is 29.7 Å². The van der Waals surface area contributed by atoms with Gasteiger partial charge in [0.1, 0.15) is 11.6 Å². The van der Waals surface area contributed by atoms with Crippen LogP contribution < -0.4 is 10.6 Å². The van der Waals surface area contributed by atoms with Crippen LogP contribution in [0.4, 0.5) is 11.8 Å². The van der Waals surface area contributed by atoms with Gasteiger partial charge in [0.25, 0.3) is 5.91 Å². The number of rotatable bonds is 5. The second-order valence-corrected chi connectivity index (χ2v) is 9.20.